The van der Waals surface area contributed by atoms with Crippen LogP contribution in [0.3, 0.4) is 0 Å². The molecule has 0 N–H and O–H groups in total. The van der Waals surface area contributed by atoms with E-state index >= 15 is 0 Å². The van der Waals surface area contributed by atoms with Gasteiger partial charge < -0.3 is 4.74 Å². The van der Waals surface area contributed by atoms with Gasteiger partial charge in [-0.3, -0.25) is 0 Å². The van der Waals surface area contributed by atoms with E-state index in [1.54, 1.807) is 17.8 Å². The molecule has 0 amide bonds. The highest BCUT2D eigenvalue weighted by Gasteiger charge is 2.19. The summed E-state index contributed by atoms with van der Waals surface area (Å²) >= 11 is 14.2. The van der Waals surface area contributed by atoms with Crippen molar-refractivity contribution in [2.24, 2.45) is 0 Å². The van der Waals surface area contributed by atoms with Crippen molar-refractivity contribution in [1.29, 1.82) is 5.26 Å². The first-order valence-corrected chi connectivity index (χ1v) is 10.8. The molecule has 0 radical (unpaired) electrons. The van der Waals surface area contributed by atoms with E-state index in [2.05, 4.69) is 26.8 Å². The molecule has 0 aliphatic carbocycles. The van der Waals surface area contributed by atoms with Crippen molar-refractivity contribution in [2.45, 2.75) is 25.5 Å². The highest BCUT2D eigenvalue weighted by Crippen LogP contribution is 2.38. The Morgan fingerprint density at radius 3 is 2.34 bits per heavy atom. The molecule has 1 heterocycles. The first kappa shape index (κ1) is 21.5. The van der Waals surface area contributed by atoms with E-state index in [9.17, 15) is 5.26 Å². The number of benzene rings is 2. The molecular weight excluding hydrogens is 423 g/mol. The van der Waals surface area contributed by atoms with E-state index in [4.69, 9.17) is 32.9 Å². The number of hydrogen-bond acceptors (Lipinski definition) is 4. The minimum atomic E-state index is 0.0433. The summed E-state index contributed by atoms with van der Waals surface area (Å²) in [4.78, 5) is 4.72. The lowest BCUT2D eigenvalue weighted by Gasteiger charge is -2.19. The maximum absolute atomic E-state index is 9.69. The third-order valence-electron chi connectivity index (χ3n) is 4.08. The Kier molecular flexibility index (Phi) is 6.74. The smallest absolute Gasteiger partial charge is 0.233 e. The zero-order valence-corrected chi connectivity index (χ0v) is 18.7. The number of nitriles is 1. The lowest BCUT2D eigenvalue weighted by molar-refractivity contribution is 0.374. The van der Waals surface area contributed by atoms with E-state index in [1.165, 1.54) is 0 Å². The van der Waals surface area contributed by atoms with E-state index in [0.717, 1.165) is 16.7 Å². The highest BCUT2D eigenvalue weighted by atomic mass is 35.5. The summed E-state index contributed by atoms with van der Waals surface area (Å²) < 4.78 is 5.92. The zero-order valence-electron chi connectivity index (χ0n) is 16.4. The Morgan fingerprint density at radius 1 is 1.03 bits per heavy atom. The van der Waals surface area contributed by atoms with Crippen molar-refractivity contribution in [3.05, 3.63) is 70.2 Å². The van der Waals surface area contributed by atoms with Crippen LogP contribution in [-0.2, 0) is 0 Å². The molecule has 0 atom stereocenters. The average molecular weight is 443 g/mol. The van der Waals surface area contributed by atoms with E-state index in [0.29, 0.717) is 33.1 Å². The van der Waals surface area contributed by atoms with Crippen LogP contribution in [-0.4, -0.2) is 15.7 Å². The molecule has 3 aromatic rings. The summed E-state index contributed by atoms with van der Waals surface area (Å²) in [6.07, 6.45) is 0. The minimum absolute atomic E-state index is 0.0433. The van der Waals surface area contributed by atoms with Gasteiger partial charge in [0.2, 0.25) is 5.88 Å². The van der Waals surface area contributed by atoms with Crippen LogP contribution >= 0.6 is 35.0 Å². The van der Waals surface area contributed by atoms with Crippen LogP contribution in [0.2, 0.25) is 10.0 Å². The summed E-state index contributed by atoms with van der Waals surface area (Å²) in [5.41, 5.74) is 3.50. The number of pyridine rings is 1. The number of nitrogens with zero attached hydrogens (tertiary/aromatic N) is 2. The average Bonchev–Trinajstić information content (AvgIpc) is 2.68. The number of rotatable bonds is 5. The van der Waals surface area contributed by atoms with Gasteiger partial charge in [-0.1, -0.05) is 74.3 Å². The molecule has 148 valence electrons. The minimum Gasteiger partial charge on any atom is -0.466 e. The van der Waals surface area contributed by atoms with Crippen LogP contribution in [0, 0.1) is 11.3 Å². The quantitative estimate of drug-likeness (QED) is 0.384. The lowest BCUT2D eigenvalue weighted by atomic mass is 9.98. The first-order valence-electron chi connectivity index (χ1n) is 9.01. The first-order chi connectivity index (χ1) is 13.8. The standard InChI is InChI=1S/C23H20Cl2N2OS/c1-23(2,3)29-14-28-22-16(13-26)12-19(15-8-10-17(24)11-9-15)21(27-22)18-6-4-5-7-20(18)25/h4-12H,14H2,1-3H3. The fraction of sp³-hybridized carbons (Fsp3) is 0.217. The van der Waals surface area contributed by atoms with Gasteiger partial charge >= 0.3 is 0 Å². The highest BCUT2D eigenvalue weighted by molar-refractivity contribution is 8.00. The third-order valence-corrected chi connectivity index (χ3v) is 5.76. The van der Waals surface area contributed by atoms with Crippen molar-refractivity contribution in [3.8, 4) is 34.3 Å². The molecule has 0 saturated heterocycles. The van der Waals surface area contributed by atoms with E-state index < -0.39 is 0 Å². The molecule has 0 spiro atoms. The van der Waals surface area contributed by atoms with Crippen LogP contribution in [0.4, 0.5) is 0 Å². The van der Waals surface area contributed by atoms with Crippen LogP contribution in [0.5, 0.6) is 5.88 Å². The predicted octanol–water partition coefficient (Wildman–Crippen LogP) is 7.46. The molecule has 0 bridgehead atoms. The number of halogens is 2. The van der Waals surface area contributed by atoms with Gasteiger partial charge in [-0.05, 0) is 29.8 Å². The number of hydrogen-bond donors (Lipinski definition) is 0. The fourth-order valence-corrected chi connectivity index (χ4v) is 3.53. The normalized spacial score (nSPS) is 11.2. The largest absolute Gasteiger partial charge is 0.466 e. The number of aromatic nitrogens is 1. The second-order valence-corrected chi connectivity index (χ2v) is 9.95. The van der Waals surface area contributed by atoms with Crippen molar-refractivity contribution >= 4 is 35.0 Å². The molecule has 3 nitrogen and oxygen atoms in total. The topological polar surface area (TPSA) is 45.9 Å². The predicted molar refractivity (Wildman–Crippen MR) is 123 cm³/mol. The summed E-state index contributed by atoms with van der Waals surface area (Å²) in [7, 11) is 0. The maximum Gasteiger partial charge on any atom is 0.233 e. The molecule has 0 fully saturated rings. The zero-order chi connectivity index (χ0) is 21.0. The molecule has 0 aliphatic rings. The van der Waals surface area contributed by atoms with Gasteiger partial charge in [0.15, 0.2) is 0 Å². The van der Waals surface area contributed by atoms with Gasteiger partial charge in [-0.2, -0.15) is 5.26 Å². The lowest BCUT2D eigenvalue weighted by Crippen LogP contribution is -2.11. The maximum atomic E-state index is 9.69. The van der Waals surface area contributed by atoms with Crippen LogP contribution in [0.25, 0.3) is 22.4 Å². The molecule has 2 aromatic carbocycles. The molecule has 29 heavy (non-hydrogen) atoms. The molecule has 0 aliphatic heterocycles. The van der Waals surface area contributed by atoms with Gasteiger partial charge in [0, 0.05) is 25.9 Å². The third kappa shape index (κ3) is 5.45. The molecule has 6 heteroatoms. The molecule has 0 saturated carbocycles. The Labute approximate surface area is 185 Å². The van der Waals surface area contributed by atoms with Crippen molar-refractivity contribution < 1.29 is 4.74 Å². The SMILES string of the molecule is CC(C)(C)SCOc1nc(-c2ccccc2Cl)c(-c2ccc(Cl)cc2)cc1C#N. The Bertz CT molecular complexity index is 1050. The summed E-state index contributed by atoms with van der Waals surface area (Å²) in [5, 5.41) is 10.9. The Balaban J connectivity index is 2.13. The van der Waals surface area contributed by atoms with Gasteiger partial charge in [0.1, 0.15) is 17.6 Å². The second-order valence-electron chi connectivity index (χ2n) is 7.35. The Morgan fingerprint density at radius 2 is 1.72 bits per heavy atom. The van der Waals surface area contributed by atoms with Gasteiger partial charge in [0.05, 0.1) is 5.69 Å². The fourth-order valence-electron chi connectivity index (χ4n) is 2.66. The van der Waals surface area contributed by atoms with Crippen LogP contribution in [0.1, 0.15) is 26.3 Å². The number of thioether (sulfide) groups is 1. The monoisotopic (exact) mass is 442 g/mol. The number of ether oxygens (including phenoxy) is 1. The van der Waals surface area contributed by atoms with Crippen LogP contribution < -0.4 is 4.74 Å². The summed E-state index contributed by atoms with van der Waals surface area (Å²) in [5.74, 6) is 0.699. The van der Waals surface area contributed by atoms with Gasteiger partial charge in [-0.25, -0.2) is 4.98 Å². The van der Waals surface area contributed by atoms with E-state index in [-0.39, 0.29) is 4.75 Å². The molecular formula is C23H20Cl2N2OS. The van der Waals surface area contributed by atoms with Crippen molar-refractivity contribution in [1.82, 2.24) is 4.98 Å². The van der Waals surface area contributed by atoms with E-state index in [1.807, 2.05) is 48.5 Å². The Hall–Kier alpha value is -2.19. The molecule has 3 rings (SSSR count). The summed E-state index contributed by atoms with van der Waals surface area (Å²) in [6, 6.07) is 18.9. The van der Waals surface area contributed by atoms with Gasteiger partial charge in [-0.15, -0.1) is 11.8 Å². The van der Waals surface area contributed by atoms with Gasteiger partial charge in [0.25, 0.3) is 0 Å². The molecule has 0 unspecified atom stereocenters. The van der Waals surface area contributed by atoms with Crippen LogP contribution in [0.15, 0.2) is 54.6 Å². The molecule has 1 aromatic heterocycles. The second kappa shape index (κ2) is 9.09. The van der Waals surface area contributed by atoms with Crippen molar-refractivity contribution in [3.63, 3.8) is 0 Å². The summed E-state index contributed by atoms with van der Waals surface area (Å²) in [6.45, 7) is 6.33. The van der Waals surface area contributed by atoms with Crippen molar-refractivity contribution in [2.75, 3.05) is 5.94 Å².